The summed E-state index contributed by atoms with van der Waals surface area (Å²) in [5.41, 5.74) is 0. The fourth-order valence-electron chi connectivity index (χ4n) is 2.43. The fraction of sp³-hybridized carbons (Fsp3) is 1.00. The second-order valence-electron chi connectivity index (χ2n) is 6.90. The summed E-state index contributed by atoms with van der Waals surface area (Å²) in [5, 5.41) is 0. The number of unbranched alkanes of at least 4 members (excludes halogenated alkanes) is 11. The molecule has 0 aromatic heterocycles. The molecule has 0 aliphatic rings. The van der Waals surface area contributed by atoms with Crippen LogP contribution in [-0.2, 0) is 0 Å². The summed E-state index contributed by atoms with van der Waals surface area (Å²) in [6.07, 6.45) is 19.1. The zero-order chi connectivity index (χ0) is 13.7. The minimum atomic E-state index is -0.496. The molecule has 0 aliphatic heterocycles. The summed E-state index contributed by atoms with van der Waals surface area (Å²) in [7, 11) is -0.496. The second kappa shape index (κ2) is 15.3. The van der Waals surface area contributed by atoms with Crippen LogP contribution in [0, 0.1) is 0 Å². The third-order valence-corrected chi connectivity index (χ3v) is 5.34. The highest BCUT2D eigenvalue weighted by molar-refractivity contribution is 8.93. The van der Waals surface area contributed by atoms with Crippen molar-refractivity contribution in [2.75, 3.05) is 26.2 Å². The molecule has 0 N–H and O–H groups in total. The standard InChI is InChI=1S/C17H38P.BrH/c1-5-6-7-8-9-10-11-12-13-14-15-16-17-18(2,3)4;/h5-17H2,1-4H3;1H. The largest absolute Gasteiger partial charge is 0.134 e. The minimum Gasteiger partial charge on any atom is -0.134 e. The number of halogens is 1. The molecule has 0 heterocycles. The molecule has 19 heavy (non-hydrogen) atoms. The summed E-state index contributed by atoms with van der Waals surface area (Å²) in [5.74, 6) is 0. The van der Waals surface area contributed by atoms with Gasteiger partial charge in [0.1, 0.15) is 0 Å². The Labute approximate surface area is 134 Å². The van der Waals surface area contributed by atoms with Crippen LogP contribution in [0.25, 0.3) is 0 Å². The van der Waals surface area contributed by atoms with Gasteiger partial charge in [-0.05, 0) is 32.6 Å². The average molecular weight is 354 g/mol. The summed E-state index contributed by atoms with van der Waals surface area (Å²) >= 11 is 0. The van der Waals surface area contributed by atoms with E-state index in [2.05, 4.69) is 26.9 Å². The Morgan fingerprint density at radius 2 is 0.842 bits per heavy atom. The molecule has 119 valence electrons. The topological polar surface area (TPSA) is 0 Å². The van der Waals surface area contributed by atoms with E-state index in [1.54, 1.807) is 0 Å². The van der Waals surface area contributed by atoms with Crippen LogP contribution in [0.4, 0.5) is 0 Å². The lowest BCUT2D eigenvalue weighted by Crippen LogP contribution is -1.92. The van der Waals surface area contributed by atoms with Gasteiger partial charge in [-0.25, -0.2) is 0 Å². The molecule has 0 aromatic carbocycles. The molecule has 2 heteroatoms. The molecule has 1 radical (unpaired) electrons. The molecule has 0 rings (SSSR count). The van der Waals surface area contributed by atoms with E-state index in [0.717, 1.165) is 0 Å². The van der Waals surface area contributed by atoms with E-state index in [4.69, 9.17) is 0 Å². The Balaban J connectivity index is 0. The van der Waals surface area contributed by atoms with Crippen molar-refractivity contribution in [2.45, 2.75) is 84.0 Å². The van der Waals surface area contributed by atoms with Gasteiger partial charge < -0.3 is 0 Å². The molecular formula is C17H39BrP. The van der Waals surface area contributed by atoms with Crippen LogP contribution in [-0.4, -0.2) is 26.2 Å². The normalized spacial score (nSPS) is 11.4. The van der Waals surface area contributed by atoms with Crippen LogP contribution in [0.15, 0.2) is 0 Å². The Morgan fingerprint density at radius 3 is 1.16 bits per heavy atom. The maximum atomic E-state index is 2.46. The molecule has 0 unspecified atom stereocenters. The van der Waals surface area contributed by atoms with Crippen LogP contribution in [0.5, 0.6) is 0 Å². The molecule has 0 aromatic rings. The number of hydrogen-bond donors (Lipinski definition) is 0. The van der Waals surface area contributed by atoms with Crippen LogP contribution in [0.1, 0.15) is 84.0 Å². The van der Waals surface area contributed by atoms with Crippen molar-refractivity contribution in [3.05, 3.63) is 0 Å². The average Bonchev–Trinajstić information content (AvgIpc) is 2.29. The van der Waals surface area contributed by atoms with Crippen molar-refractivity contribution in [3.8, 4) is 0 Å². The van der Waals surface area contributed by atoms with Crippen molar-refractivity contribution in [1.29, 1.82) is 0 Å². The van der Waals surface area contributed by atoms with E-state index in [1.807, 2.05) is 0 Å². The predicted molar refractivity (Wildman–Crippen MR) is 101 cm³/mol. The molecule has 0 nitrogen and oxygen atoms in total. The molecular weight excluding hydrogens is 315 g/mol. The number of rotatable bonds is 13. The zero-order valence-electron chi connectivity index (χ0n) is 14.0. The van der Waals surface area contributed by atoms with E-state index < -0.39 is 7.26 Å². The van der Waals surface area contributed by atoms with Gasteiger partial charge in [0.2, 0.25) is 0 Å². The van der Waals surface area contributed by atoms with Crippen molar-refractivity contribution in [1.82, 2.24) is 0 Å². The van der Waals surface area contributed by atoms with Gasteiger partial charge in [0.05, 0.1) is 0 Å². The Hall–Kier alpha value is 0.910. The molecule has 0 saturated heterocycles. The Bertz CT molecular complexity index is 163. The van der Waals surface area contributed by atoms with E-state index in [0.29, 0.717) is 0 Å². The molecule has 0 fully saturated rings. The molecule has 0 bridgehead atoms. The van der Waals surface area contributed by atoms with Crippen molar-refractivity contribution < 1.29 is 0 Å². The fourth-order valence-corrected chi connectivity index (χ4v) is 3.60. The highest BCUT2D eigenvalue weighted by atomic mass is 79.9. The third-order valence-electron chi connectivity index (χ3n) is 3.68. The van der Waals surface area contributed by atoms with Gasteiger partial charge in [0, 0.05) is 0 Å². The van der Waals surface area contributed by atoms with Gasteiger partial charge in [0.25, 0.3) is 0 Å². The van der Waals surface area contributed by atoms with E-state index in [-0.39, 0.29) is 17.0 Å². The summed E-state index contributed by atoms with van der Waals surface area (Å²) in [6, 6.07) is 0. The Morgan fingerprint density at radius 1 is 0.526 bits per heavy atom. The van der Waals surface area contributed by atoms with Crippen molar-refractivity contribution in [2.24, 2.45) is 0 Å². The summed E-state index contributed by atoms with van der Waals surface area (Å²) < 4.78 is 0. The van der Waals surface area contributed by atoms with E-state index in [1.165, 1.54) is 83.2 Å². The van der Waals surface area contributed by atoms with Gasteiger partial charge >= 0.3 is 0 Å². The lowest BCUT2D eigenvalue weighted by Gasteiger charge is -2.20. The maximum absolute atomic E-state index is 2.46. The van der Waals surface area contributed by atoms with Crippen LogP contribution in [0.2, 0.25) is 0 Å². The molecule has 0 saturated carbocycles. The molecule has 0 amide bonds. The first kappa shape index (κ1) is 22.2. The zero-order valence-corrected chi connectivity index (χ0v) is 16.7. The summed E-state index contributed by atoms with van der Waals surface area (Å²) in [6.45, 7) is 9.68. The van der Waals surface area contributed by atoms with Crippen LogP contribution < -0.4 is 0 Å². The van der Waals surface area contributed by atoms with Crippen LogP contribution in [0.3, 0.4) is 0 Å². The lowest BCUT2D eigenvalue weighted by atomic mass is 10.1. The van der Waals surface area contributed by atoms with Gasteiger partial charge in [0.15, 0.2) is 0 Å². The third kappa shape index (κ3) is 21.4. The van der Waals surface area contributed by atoms with E-state index in [9.17, 15) is 0 Å². The molecule has 0 spiro atoms. The van der Waals surface area contributed by atoms with Gasteiger partial charge in [-0.3, -0.25) is 0 Å². The first-order chi connectivity index (χ1) is 8.56. The first-order valence-electron chi connectivity index (χ1n) is 8.36. The van der Waals surface area contributed by atoms with Crippen LogP contribution >= 0.6 is 24.2 Å². The summed E-state index contributed by atoms with van der Waals surface area (Å²) in [4.78, 5) is 0. The van der Waals surface area contributed by atoms with E-state index >= 15 is 0 Å². The maximum Gasteiger partial charge on any atom is -0.0366 e. The van der Waals surface area contributed by atoms with Crippen molar-refractivity contribution in [3.63, 3.8) is 0 Å². The lowest BCUT2D eigenvalue weighted by molar-refractivity contribution is 0.548. The second-order valence-corrected chi connectivity index (χ2v) is 11.9. The molecule has 0 aliphatic carbocycles. The number of hydrogen-bond acceptors (Lipinski definition) is 0. The Kier molecular flexibility index (Phi) is 17.9. The minimum absolute atomic E-state index is 0. The highest BCUT2D eigenvalue weighted by Gasteiger charge is 2.05. The van der Waals surface area contributed by atoms with Crippen molar-refractivity contribution >= 4 is 24.2 Å². The highest BCUT2D eigenvalue weighted by Crippen LogP contribution is 2.47. The van der Waals surface area contributed by atoms with Gasteiger partial charge in [-0.15, -0.1) is 24.2 Å². The van der Waals surface area contributed by atoms with Gasteiger partial charge in [-0.2, -0.15) is 0 Å². The smallest absolute Gasteiger partial charge is 0.0366 e. The quantitative estimate of drug-likeness (QED) is 0.243. The first-order valence-corrected chi connectivity index (χ1v) is 11.7. The SMILES string of the molecule is Br.CCCCCCCCCCCCCC[P](C)(C)C. The monoisotopic (exact) mass is 353 g/mol. The van der Waals surface area contributed by atoms with Gasteiger partial charge in [-0.1, -0.05) is 77.6 Å². The molecule has 0 atom stereocenters. The predicted octanol–water partition coefficient (Wildman–Crippen LogP) is 7.17.